The number of aliphatic imine (C=N–C) groups is 1. The molecule has 23 heavy (non-hydrogen) atoms. The fourth-order valence-electron chi connectivity index (χ4n) is 2.46. The summed E-state index contributed by atoms with van der Waals surface area (Å²) in [5, 5.41) is 5.29. The highest BCUT2D eigenvalue weighted by atomic mass is 35.5. The van der Waals surface area contributed by atoms with Gasteiger partial charge in [0.1, 0.15) is 0 Å². The molecule has 0 saturated heterocycles. The van der Waals surface area contributed by atoms with Gasteiger partial charge in [-0.2, -0.15) is 0 Å². The minimum atomic E-state index is 0.759. The topological polar surface area (TPSA) is 40.5 Å². The first-order valence-electron chi connectivity index (χ1n) is 7.58. The van der Waals surface area contributed by atoms with Crippen molar-refractivity contribution in [2.75, 3.05) is 20.6 Å². The summed E-state index contributed by atoms with van der Waals surface area (Å²) in [4.78, 5) is 12.2. The van der Waals surface area contributed by atoms with Crippen LogP contribution in [0.2, 0.25) is 5.02 Å². The zero-order valence-corrected chi connectivity index (χ0v) is 15.6. The summed E-state index contributed by atoms with van der Waals surface area (Å²) in [5.74, 6) is 0.879. The van der Waals surface area contributed by atoms with E-state index in [1.807, 2.05) is 32.2 Å². The lowest BCUT2D eigenvalue weighted by Gasteiger charge is -2.22. The highest BCUT2D eigenvalue weighted by molar-refractivity contribution is 7.11. The maximum absolute atomic E-state index is 6.04. The van der Waals surface area contributed by atoms with Crippen molar-refractivity contribution in [1.29, 1.82) is 0 Å². The van der Waals surface area contributed by atoms with Crippen LogP contribution >= 0.6 is 22.9 Å². The second-order valence-corrected chi connectivity index (χ2v) is 7.18. The molecule has 0 spiro atoms. The van der Waals surface area contributed by atoms with Crippen molar-refractivity contribution in [3.05, 3.63) is 50.4 Å². The van der Waals surface area contributed by atoms with Gasteiger partial charge in [-0.1, -0.05) is 23.7 Å². The van der Waals surface area contributed by atoms with E-state index < -0.39 is 0 Å². The number of hydrogen-bond acceptors (Lipinski definition) is 3. The molecule has 0 fully saturated rings. The zero-order chi connectivity index (χ0) is 16.8. The minimum absolute atomic E-state index is 0.759. The smallest absolute Gasteiger partial charge is 0.193 e. The van der Waals surface area contributed by atoms with E-state index in [4.69, 9.17) is 11.6 Å². The fraction of sp³-hybridized carbons (Fsp3) is 0.412. The number of nitrogens with one attached hydrogen (secondary N) is 1. The van der Waals surface area contributed by atoms with E-state index in [-0.39, 0.29) is 0 Å². The Labute approximate surface area is 147 Å². The number of aryl methyl sites for hydroxylation is 2. The van der Waals surface area contributed by atoms with E-state index in [1.54, 1.807) is 18.4 Å². The van der Waals surface area contributed by atoms with Crippen LogP contribution < -0.4 is 5.32 Å². The van der Waals surface area contributed by atoms with E-state index >= 15 is 0 Å². The van der Waals surface area contributed by atoms with Gasteiger partial charge in [0.15, 0.2) is 5.96 Å². The SMILES string of the molecule is CN=C(NCCc1sc(C)nc1C)N(C)Cc1cccc(Cl)c1. The molecule has 0 aliphatic heterocycles. The Balaban J connectivity index is 1.88. The molecule has 0 unspecified atom stereocenters. The molecular formula is C17H23ClN4S. The molecule has 2 aromatic rings. The quantitative estimate of drug-likeness (QED) is 0.660. The van der Waals surface area contributed by atoms with Gasteiger partial charge in [-0.15, -0.1) is 11.3 Å². The minimum Gasteiger partial charge on any atom is -0.356 e. The molecule has 0 bridgehead atoms. The number of nitrogens with zero attached hydrogens (tertiary/aromatic N) is 3. The predicted octanol–water partition coefficient (Wildman–Crippen LogP) is 3.66. The second-order valence-electron chi connectivity index (χ2n) is 5.45. The lowest BCUT2D eigenvalue weighted by atomic mass is 10.2. The molecular weight excluding hydrogens is 328 g/mol. The van der Waals surface area contributed by atoms with Crippen LogP contribution in [0.5, 0.6) is 0 Å². The highest BCUT2D eigenvalue weighted by Gasteiger charge is 2.08. The number of halogens is 1. The van der Waals surface area contributed by atoms with Crippen molar-refractivity contribution in [1.82, 2.24) is 15.2 Å². The van der Waals surface area contributed by atoms with Gasteiger partial charge in [0.2, 0.25) is 0 Å². The lowest BCUT2D eigenvalue weighted by Crippen LogP contribution is -2.39. The molecule has 0 radical (unpaired) electrons. The third kappa shape index (κ3) is 5.22. The van der Waals surface area contributed by atoms with Crippen molar-refractivity contribution in [3.63, 3.8) is 0 Å². The van der Waals surface area contributed by atoms with Gasteiger partial charge in [0, 0.05) is 43.5 Å². The predicted molar refractivity (Wildman–Crippen MR) is 99.6 cm³/mol. The molecule has 2 rings (SSSR count). The Kier molecular flexibility index (Phi) is 6.42. The maximum Gasteiger partial charge on any atom is 0.193 e. The zero-order valence-electron chi connectivity index (χ0n) is 14.1. The summed E-state index contributed by atoms with van der Waals surface area (Å²) in [7, 11) is 3.83. The van der Waals surface area contributed by atoms with Gasteiger partial charge >= 0.3 is 0 Å². The molecule has 6 heteroatoms. The Morgan fingerprint density at radius 3 is 2.78 bits per heavy atom. The highest BCUT2D eigenvalue weighted by Crippen LogP contribution is 2.17. The molecule has 0 atom stereocenters. The summed E-state index contributed by atoms with van der Waals surface area (Å²) in [6.45, 7) is 5.72. The van der Waals surface area contributed by atoms with Crippen molar-refractivity contribution in [2.24, 2.45) is 4.99 Å². The molecule has 0 amide bonds. The second kappa shape index (κ2) is 8.31. The van der Waals surface area contributed by atoms with Crippen LogP contribution in [0.15, 0.2) is 29.3 Å². The molecule has 0 aliphatic carbocycles. The number of rotatable bonds is 5. The summed E-state index contributed by atoms with van der Waals surface area (Å²) in [6.07, 6.45) is 0.960. The number of benzene rings is 1. The van der Waals surface area contributed by atoms with Crippen LogP contribution in [-0.4, -0.2) is 36.5 Å². The molecule has 1 aromatic heterocycles. The van der Waals surface area contributed by atoms with E-state index in [2.05, 4.69) is 33.2 Å². The Bertz CT molecular complexity index is 681. The first kappa shape index (κ1) is 17.8. The van der Waals surface area contributed by atoms with Crippen molar-refractivity contribution in [2.45, 2.75) is 26.8 Å². The molecule has 1 heterocycles. The molecule has 124 valence electrons. The van der Waals surface area contributed by atoms with Crippen LogP contribution in [-0.2, 0) is 13.0 Å². The van der Waals surface area contributed by atoms with Crippen molar-refractivity contribution in [3.8, 4) is 0 Å². The van der Waals surface area contributed by atoms with Crippen molar-refractivity contribution < 1.29 is 0 Å². The standard InChI is InChI=1S/C17H23ClN4S/c1-12-16(23-13(2)21-12)8-9-20-17(19-3)22(4)11-14-6-5-7-15(18)10-14/h5-7,10H,8-9,11H2,1-4H3,(H,19,20). The Morgan fingerprint density at radius 1 is 1.39 bits per heavy atom. The molecule has 0 aliphatic rings. The third-order valence-electron chi connectivity index (χ3n) is 3.52. The van der Waals surface area contributed by atoms with E-state index in [1.165, 1.54) is 4.88 Å². The van der Waals surface area contributed by atoms with Crippen LogP contribution in [0.25, 0.3) is 0 Å². The summed E-state index contributed by atoms with van der Waals surface area (Å²) in [6, 6.07) is 7.90. The van der Waals surface area contributed by atoms with Gasteiger partial charge in [-0.3, -0.25) is 4.99 Å². The fourth-order valence-corrected chi connectivity index (χ4v) is 3.61. The van der Waals surface area contributed by atoms with Gasteiger partial charge in [-0.05, 0) is 31.5 Å². The average molecular weight is 351 g/mol. The summed E-state index contributed by atoms with van der Waals surface area (Å²) in [5.41, 5.74) is 2.30. The van der Waals surface area contributed by atoms with Crippen LogP contribution in [0.1, 0.15) is 21.1 Å². The largest absolute Gasteiger partial charge is 0.356 e. The molecule has 4 nitrogen and oxygen atoms in total. The monoisotopic (exact) mass is 350 g/mol. The summed E-state index contributed by atoms with van der Waals surface area (Å²) < 4.78 is 0. The normalized spacial score (nSPS) is 11.6. The van der Waals surface area contributed by atoms with Crippen LogP contribution in [0, 0.1) is 13.8 Å². The first-order chi connectivity index (χ1) is 11.0. The third-order valence-corrected chi connectivity index (χ3v) is 4.88. The van der Waals surface area contributed by atoms with Crippen molar-refractivity contribution >= 4 is 28.9 Å². The number of aromatic nitrogens is 1. The average Bonchev–Trinajstić information content (AvgIpc) is 2.81. The van der Waals surface area contributed by atoms with E-state index in [0.29, 0.717) is 0 Å². The lowest BCUT2D eigenvalue weighted by molar-refractivity contribution is 0.477. The summed E-state index contributed by atoms with van der Waals surface area (Å²) >= 11 is 7.81. The number of hydrogen-bond donors (Lipinski definition) is 1. The van der Waals surface area contributed by atoms with Gasteiger partial charge in [0.25, 0.3) is 0 Å². The number of guanidine groups is 1. The maximum atomic E-state index is 6.04. The van der Waals surface area contributed by atoms with Gasteiger partial charge in [-0.25, -0.2) is 4.98 Å². The van der Waals surface area contributed by atoms with Gasteiger partial charge in [0.05, 0.1) is 10.7 Å². The molecule has 1 aromatic carbocycles. The number of thiazole rings is 1. The molecule has 1 N–H and O–H groups in total. The molecule has 0 saturated carbocycles. The first-order valence-corrected chi connectivity index (χ1v) is 8.78. The van der Waals surface area contributed by atoms with E-state index in [9.17, 15) is 0 Å². The Hall–Kier alpha value is -1.59. The van der Waals surface area contributed by atoms with Crippen LogP contribution in [0.4, 0.5) is 0 Å². The van der Waals surface area contributed by atoms with Crippen LogP contribution in [0.3, 0.4) is 0 Å². The van der Waals surface area contributed by atoms with Gasteiger partial charge < -0.3 is 10.2 Å². The van der Waals surface area contributed by atoms with E-state index in [0.717, 1.165) is 46.8 Å². The Morgan fingerprint density at radius 2 is 2.17 bits per heavy atom.